The topological polar surface area (TPSA) is 78.4 Å². The van der Waals surface area contributed by atoms with Gasteiger partial charge in [0.05, 0.1) is 11.4 Å². The summed E-state index contributed by atoms with van der Waals surface area (Å²) >= 11 is 1.20. The standard InChI is InChI=1S/C26H28FN5O2S/c1-19(33)32(23-9-5-4-8-22(23)27)26-30-21(18-35-26)11-13-25(34)29-17-20-10-12-24(28-16-20)31-14-6-2-3-7-15-31/h4-5,8-13,16,18H,2-3,6-7,14-15,17H2,1H3,(H,29,34)/b13-11+. The predicted octanol–water partition coefficient (Wildman–Crippen LogP) is 5.07. The van der Waals surface area contributed by atoms with Gasteiger partial charge in [-0.3, -0.25) is 14.5 Å². The molecular formula is C26H28FN5O2S. The third-order valence-electron chi connectivity index (χ3n) is 5.72. The molecule has 1 saturated heterocycles. The van der Waals surface area contributed by atoms with Crippen LogP contribution in [0.2, 0.25) is 0 Å². The van der Waals surface area contributed by atoms with E-state index in [4.69, 9.17) is 0 Å². The van der Waals surface area contributed by atoms with Crippen molar-refractivity contribution in [1.29, 1.82) is 0 Å². The summed E-state index contributed by atoms with van der Waals surface area (Å²) < 4.78 is 14.2. The predicted molar refractivity (Wildman–Crippen MR) is 137 cm³/mol. The summed E-state index contributed by atoms with van der Waals surface area (Å²) in [5, 5.41) is 4.88. The molecule has 1 fully saturated rings. The first-order valence-electron chi connectivity index (χ1n) is 11.7. The van der Waals surface area contributed by atoms with Crippen molar-refractivity contribution in [2.24, 2.45) is 0 Å². The SMILES string of the molecule is CC(=O)N(c1nc(/C=C/C(=O)NCc2ccc(N3CCCCCC3)nc2)cs1)c1ccccc1F. The summed E-state index contributed by atoms with van der Waals surface area (Å²) in [6.45, 7) is 3.80. The molecule has 1 N–H and O–H groups in total. The largest absolute Gasteiger partial charge is 0.357 e. The zero-order chi connectivity index (χ0) is 24.6. The van der Waals surface area contributed by atoms with Crippen molar-refractivity contribution in [2.75, 3.05) is 22.9 Å². The summed E-state index contributed by atoms with van der Waals surface area (Å²) in [6.07, 6.45) is 9.70. The monoisotopic (exact) mass is 493 g/mol. The van der Waals surface area contributed by atoms with Gasteiger partial charge in [0.25, 0.3) is 0 Å². The van der Waals surface area contributed by atoms with Crippen molar-refractivity contribution in [1.82, 2.24) is 15.3 Å². The number of anilines is 3. The molecule has 2 aromatic heterocycles. The Bertz CT molecular complexity index is 1190. The van der Waals surface area contributed by atoms with Crippen LogP contribution in [-0.4, -0.2) is 34.9 Å². The lowest BCUT2D eigenvalue weighted by atomic mass is 10.2. The zero-order valence-corrected chi connectivity index (χ0v) is 20.4. The highest BCUT2D eigenvalue weighted by atomic mass is 32.1. The van der Waals surface area contributed by atoms with Gasteiger partial charge >= 0.3 is 0 Å². The van der Waals surface area contributed by atoms with E-state index in [1.165, 1.54) is 67.1 Å². The molecule has 7 nitrogen and oxygen atoms in total. The molecule has 2 amide bonds. The van der Waals surface area contributed by atoms with Gasteiger partial charge in [-0.15, -0.1) is 11.3 Å². The number of nitrogens with one attached hydrogen (secondary N) is 1. The van der Waals surface area contributed by atoms with Crippen LogP contribution >= 0.6 is 11.3 Å². The Morgan fingerprint density at radius 1 is 1.14 bits per heavy atom. The Hall–Kier alpha value is -3.59. The molecule has 182 valence electrons. The minimum Gasteiger partial charge on any atom is -0.357 e. The molecule has 0 aliphatic carbocycles. The van der Waals surface area contributed by atoms with Gasteiger partial charge in [0, 0.05) is 44.2 Å². The van der Waals surface area contributed by atoms with Gasteiger partial charge < -0.3 is 10.2 Å². The second kappa shape index (κ2) is 11.7. The number of hydrogen-bond donors (Lipinski definition) is 1. The Morgan fingerprint density at radius 3 is 2.60 bits per heavy atom. The van der Waals surface area contributed by atoms with Crippen LogP contribution in [0.4, 0.5) is 21.0 Å². The second-order valence-electron chi connectivity index (χ2n) is 8.34. The van der Waals surface area contributed by atoms with Crippen LogP contribution in [0.3, 0.4) is 0 Å². The molecule has 1 aliphatic rings. The number of nitrogens with zero attached hydrogens (tertiary/aromatic N) is 4. The molecule has 0 atom stereocenters. The van der Waals surface area contributed by atoms with E-state index in [0.717, 1.165) is 24.5 Å². The number of para-hydroxylation sites is 1. The molecule has 3 heterocycles. The van der Waals surface area contributed by atoms with Gasteiger partial charge in [0.15, 0.2) is 5.13 Å². The third kappa shape index (κ3) is 6.51. The first kappa shape index (κ1) is 24.5. The number of rotatable bonds is 7. The number of thiazole rings is 1. The molecule has 3 aromatic rings. The van der Waals surface area contributed by atoms with Crippen LogP contribution in [0.15, 0.2) is 54.1 Å². The van der Waals surface area contributed by atoms with Crippen molar-refractivity contribution in [3.63, 3.8) is 0 Å². The molecule has 0 bridgehead atoms. The highest BCUT2D eigenvalue weighted by Crippen LogP contribution is 2.31. The smallest absolute Gasteiger partial charge is 0.244 e. The molecule has 35 heavy (non-hydrogen) atoms. The van der Waals surface area contributed by atoms with Crippen LogP contribution in [0.1, 0.15) is 43.9 Å². The van der Waals surface area contributed by atoms with Gasteiger partial charge in [0.2, 0.25) is 11.8 Å². The van der Waals surface area contributed by atoms with Crippen LogP contribution in [0.5, 0.6) is 0 Å². The minimum atomic E-state index is -0.511. The first-order chi connectivity index (χ1) is 17.0. The molecule has 4 rings (SSSR count). The van der Waals surface area contributed by atoms with Gasteiger partial charge in [0.1, 0.15) is 11.6 Å². The van der Waals surface area contributed by atoms with Crippen molar-refractivity contribution in [2.45, 2.75) is 39.2 Å². The molecule has 0 saturated carbocycles. The fourth-order valence-corrected chi connectivity index (χ4v) is 4.76. The number of carbonyl (C=O) groups is 2. The lowest BCUT2D eigenvalue weighted by Gasteiger charge is -2.21. The van der Waals surface area contributed by atoms with E-state index in [0.29, 0.717) is 17.4 Å². The second-order valence-corrected chi connectivity index (χ2v) is 9.17. The van der Waals surface area contributed by atoms with E-state index in [1.807, 2.05) is 12.1 Å². The highest BCUT2D eigenvalue weighted by Gasteiger charge is 2.20. The van der Waals surface area contributed by atoms with Crippen LogP contribution in [-0.2, 0) is 16.1 Å². The number of carbonyl (C=O) groups excluding carboxylic acids is 2. The first-order valence-corrected chi connectivity index (χ1v) is 12.6. The third-order valence-corrected chi connectivity index (χ3v) is 6.56. The van der Waals surface area contributed by atoms with Crippen molar-refractivity contribution in [3.05, 3.63) is 71.1 Å². The average molecular weight is 494 g/mol. The van der Waals surface area contributed by atoms with Gasteiger partial charge in [-0.2, -0.15) is 0 Å². The number of aromatic nitrogens is 2. The molecule has 0 unspecified atom stereocenters. The van der Waals surface area contributed by atoms with Crippen LogP contribution in [0.25, 0.3) is 6.08 Å². The van der Waals surface area contributed by atoms with E-state index < -0.39 is 5.82 Å². The van der Waals surface area contributed by atoms with Crippen LogP contribution < -0.4 is 15.1 Å². The van der Waals surface area contributed by atoms with Crippen molar-refractivity contribution >= 4 is 45.9 Å². The highest BCUT2D eigenvalue weighted by molar-refractivity contribution is 7.14. The molecule has 9 heteroatoms. The summed E-state index contributed by atoms with van der Waals surface area (Å²) in [4.78, 5) is 36.9. The maximum Gasteiger partial charge on any atom is 0.244 e. The minimum absolute atomic E-state index is 0.137. The number of halogens is 1. The number of hydrogen-bond acceptors (Lipinski definition) is 6. The summed E-state index contributed by atoms with van der Waals surface area (Å²) in [5.74, 6) is -0.151. The van der Waals surface area contributed by atoms with E-state index in [-0.39, 0.29) is 17.5 Å². The fraction of sp³-hybridized carbons (Fsp3) is 0.308. The van der Waals surface area contributed by atoms with Gasteiger partial charge in [-0.05, 0) is 42.7 Å². The number of pyridine rings is 1. The molecule has 0 spiro atoms. The number of benzene rings is 1. The quantitative estimate of drug-likeness (QED) is 0.465. The number of amides is 2. The molecule has 0 radical (unpaired) electrons. The summed E-state index contributed by atoms with van der Waals surface area (Å²) in [6, 6.07) is 10.0. The van der Waals surface area contributed by atoms with E-state index >= 15 is 0 Å². The molecule has 1 aromatic carbocycles. The maximum atomic E-state index is 14.2. The van der Waals surface area contributed by atoms with Crippen molar-refractivity contribution in [3.8, 4) is 0 Å². The van der Waals surface area contributed by atoms with E-state index in [2.05, 4.69) is 20.2 Å². The lowest BCUT2D eigenvalue weighted by molar-refractivity contribution is -0.117. The summed E-state index contributed by atoms with van der Waals surface area (Å²) in [5.41, 5.74) is 1.56. The van der Waals surface area contributed by atoms with Gasteiger partial charge in [-0.25, -0.2) is 14.4 Å². The van der Waals surface area contributed by atoms with Crippen LogP contribution in [0, 0.1) is 5.82 Å². The Balaban J connectivity index is 1.33. The Morgan fingerprint density at radius 2 is 1.91 bits per heavy atom. The van der Waals surface area contributed by atoms with Gasteiger partial charge in [-0.1, -0.05) is 31.0 Å². The Kier molecular flexibility index (Phi) is 8.20. The Labute approximate surface area is 208 Å². The average Bonchev–Trinajstić information content (AvgIpc) is 3.14. The summed E-state index contributed by atoms with van der Waals surface area (Å²) in [7, 11) is 0. The van der Waals surface area contributed by atoms with E-state index in [1.54, 1.807) is 29.8 Å². The molecular weight excluding hydrogens is 465 g/mol. The van der Waals surface area contributed by atoms with Crippen molar-refractivity contribution < 1.29 is 14.0 Å². The molecule has 1 aliphatic heterocycles. The lowest BCUT2D eigenvalue weighted by Crippen LogP contribution is -2.25. The normalized spacial score (nSPS) is 14.1. The fourth-order valence-electron chi connectivity index (χ4n) is 3.91. The van der Waals surface area contributed by atoms with E-state index in [9.17, 15) is 14.0 Å². The zero-order valence-electron chi connectivity index (χ0n) is 19.6. The maximum absolute atomic E-state index is 14.2.